The second kappa shape index (κ2) is 5.38. The molecular formula is C18H33N3O2. The number of fused-ring (bicyclic) bond motifs is 1. The molecular weight excluding hydrogens is 290 g/mol. The van der Waals surface area contributed by atoms with Crippen LogP contribution in [0.25, 0.3) is 0 Å². The van der Waals surface area contributed by atoms with Crippen molar-refractivity contribution in [3.05, 3.63) is 0 Å². The fourth-order valence-electron chi connectivity index (χ4n) is 3.65. The molecule has 2 N–H and O–H groups in total. The van der Waals surface area contributed by atoms with Crippen molar-refractivity contribution in [3.8, 4) is 0 Å². The predicted octanol–water partition coefficient (Wildman–Crippen LogP) is 2.61. The zero-order valence-electron chi connectivity index (χ0n) is 15.9. The van der Waals surface area contributed by atoms with Gasteiger partial charge in [0.1, 0.15) is 6.04 Å². The van der Waals surface area contributed by atoms with E-state index in [9.17, 15) is 9.59 Å². The van der Waals surface area contributed by atoms with Crippen LogP contribution in [0.5, 0.6) is 0 Å². The third-order valence-electron chi connectivity index (χ3n) is 5.31. The molecule has 2 aliphatic rings. The lowest BCUT2D eigenvalue weighted by atomic mass is 9.85. The zero-order valence-corrected chi connectivity index (χ0v) is 15.9. The van der Waals surface area contributed by atoms with Gasteiger partial charge >= 0.3 is 6.03 Å². The lowest BCUT2D eigenvalue weighted by molar-refractivity contribution is -0.135. The van der Waals surface area contributed by atoms with Crippen LogP contribution < -0.4 is 10.6 Å². The van der Waals surface area contributed by atoms with Crippen LogP contribution >= 0.6 is 0 Å². The highest BCUT2D eigenvalue weighted by Crippen LogP contribution is 2.62. The van der Waals surface area contributed by atoms with Crippen molar-refractivity contribution >= 4 is 11.9 Å². The van der Waals surface area contributed by atoms with Crippen LogP contribution in [0.15, 0.2) is 0 Å². The number of piperidine rings is 1. The summed E-state index contributed by atoms with van der Waals surface area (Å²) in [5, 5.41) is 5.78. The molecule has 1 aliphatic heterocycles. The van der Waals surface area contributed by atoms with Crippen LogP contribution in [0.4, 0.5) is 4.79 Å². The molecule has 23 heavy (non-hydrogen) atoms. The summed E-state index contributed by atoms with van der Waals surface area (Å²) in [6.45, 7) is 18.0. The third kappa shape index (κ3) is 3.81. The fraction of sp³-hybridized carbons (Fsp3) is 0.889. The number of nitrogens with zero attached hydrogens (tertiary/aromatic N) is 1. The highest BCUT2D eigenvalue weighted by Gasteiger charge is 2.63. The van der Waals surface area contributed by atoms with Gasteiger partial charge in [-0.1, -0.05) is 34.6 Å². The summed E-state index contributed by atoms with van der Waals surface area (Å²) in [5.41, 5.74) is -0.269. The Labute approximate surface area is 140 Å². The van der Waals surface area contributed by atoms with Crippen molar-refractivity contribution in [2.75, 3.05) is 13.1 Å². The van der Waals surface area contributed by atoms with Crippen LogP contribution in [-0.2, 0) is 4.79 Å². The first kappa shape index (κ1) is 18.1. The van der Waals surface area contributed by atoms with Crippen molar-refractivity contribution in [3.63, 3.8) is 0 Å². The van der Waals surface area contributed by atoms with E-state index in [1.54, 1.807) is 0 Å². The summed E-state index contributed by atoms with van der Waals surface area (Å²) in [4.78, 5) is 27.1. The van der Waals surface area contributed by atoms with Gasteiger partial charge in [0.05, 0.1) is 0 Å². The number of likely N-dealkylation sites (tertiary alicyclic amines) is 1. The molecule has 2 rings (SSSR count). The van der Waals surface area contributed by atoms with Gasteiger partial charge in [0.15, 0.2) is 0 Å². The Morgan fingerprint density at radius 2 is 1.52 bits per heavy atom. The van der Waals surface area contributed by atoms with E-state index < -0.39 is 6.04 Å². The Morgan fingerprint density at radius 1 is 1.04 bits per heavy atom. The largest absolute Gasteiger partial charge is 0.340 e. The number of carbonyl (C=O) groups is 2. The van der Waals surface area contributed by atoms with Gasteiger partial charge in [-0.15, -0.1) is 0 Å². The summed E-state index contributed by atoms with van der Waals surface area (Å²) in [6, 6.07) is -0.791. The van der Waals surface area contributed by atoms with Crippen LogP contribution in [0.3, 0.4) is 0 Å². The Balaban J connectivity index is 2.02. The Bertz CT molecular complexity index is 485. The number of carbonyl (C=O) groups excluding carboxylic acids is 2. The summed E-state index contributed by atoms with van der Waals surface area (Å²) in [5.74, 6) is 1.29. The number of hydrogen-bond donors (Lipinski definition) is 2. The Morgan fingerprint density at radius 3 is 1.91 bits per heavy atom. The fourth-order valence-corrected chi connectivity index (χ4v) is 3.65. The monoisotopic (exact) mass is 323 g/mol. The molecule has 5 nitrogen and oxygen atoms in total. The number of amides is 3. The van der Waals surface area contributed by atoms with Crippen molar-refractivity contribution in [1.29, 1.82) is 0 Å². The first-order valence-electron chi connectivity index (χ1n) is 8.61. The van der Waals surface area contributed by atoms with Gasteiger partial charge in [-0.05, 0) is 43.4 Å². The van der Waals surface area contributed by atoms with E-state index in [-0.39, 0.29) is 22.9 Å². The first-order chi connectivity index (χ1) is 10.2. The van der Waals surface area contributed by atoms with Gasteiger partial charge in [-0.25, -0.2) is 4.79 Å². The lowest BCUT2D eigenvalue weighted by Gasteiger charge is -2.35. The summed E-state index contributed by atoms with van der Waals surface area (Å²) in [6.07, 6.45) is 0. The minimum atomic E-state index is -0.509. The molecule has 0 aromatic heterocycles. The van der Waals surface area contributed by atoms with E-state index in [0.717, 1.165) is 13.1 Å². The molecule has 1 heterocycles. The van der Waals surface area contributed by atoms with E-state index in [0.29, 0.717) is 17.3 Å². The Kier molecular flexibility index (Phi) is 4.23. The number of hydrogen-bond acceptors (Lipinski definition) is 2. The number of rotatable bonds is 2. The molecule has 132 valence electrons. The minimum Gasteiger partial charge on any atom is -0.340 e. The quantitative estimate of drug-likeness (QED) is 0.820. The molecule has 0 aromatic carbocycles. The molecule has 1 aliphatic carbocycles. The average molecular weight is 323 g/mol. The van der Waals surface area contributed by atoms with Crippen LogP contribution in [0.2, 0.25) is 0 Å². The molecule has 3 unspecified atom stereocenters. The van der Waals surface area contributed by atoms with Crippen molar-refractivity contribution in [2.24, 2.45) is 22.7 Å². The van der Waals surface area contributed by atoms with Crippen molar-refractivity contribution in [1.82, 2.24) is 15.5 Å². The van der Waals surface area contributed by atoms with Gasteiger partial charge in [-0.3, -0.25) is 4.79 Å². The van der Waals surface area contributed by atoms with E-state index in [2.05, 4.69) is 24.5 Å². The predicted molar refractivity (Wildman–Crippen MR) is 92.0 cm³/mol. The first-order valence-corrected chi connectivity index (χ1v) is 8.61. The maximum atomic E-state index is 13.0. The maximum Gasteiger partial charge on any atom is 0.315 e. The van der Waals surface area contributed by atoms with Gasteiger partial charge in [0.25, 0.3) is 0 Å². The standard InChI is InChI=1S/C18H33N3O2/c1-16(2,3)13(19-15(23)20-17(4,5)6)14(22)21-9-11-12(10-21)18(11,7)8/h11-13H,9-10H2,1-8H3,(H2,19,20,23). The molecule has 3 amide bonds. The van der Waals surface area contributed by atoms with E-state index in [1.165, 1.54) is 0 Å². The molecule has 0 radical (unpaired) electrons. The van der Waals surface area contributed by atoms with Gasteiger partial charge in [0, 0.05) is 18.6 Å². The van der Waals surface area contributed by atoms with E-state index in [4.69, 9.17) is 0 Å². The zero-order chi connectivity index (χ0) is 17.8. The van der Waals surface area contributed by atoms with Gasteiger partial charge in [0.2, 0.25) is 5.91 Å². The number of nitrogens with one attached hydrogen (secondary N) is 2. The topological polar surface area (TPSA) is 61.4 Å². The van der Waals surface area contributed by atoms with Gasteiger partial charge in [-0.2, -0.15) is 0 Å². The average Bonchev–Trinajstić information content (AvgIpc) is 2.75. The second-order valence-corrected chi connectivity index (χ2v) is 9.93. The summed E-state index contributed by atoms with van der Waals surface area (Å²) < 4.78 is 0. The normalized spacial score (nSPS) is 27.2. The van der Waals surface area contributed by atoms with Crippen LogP contribution in [-0.4, -0.2) is 41.5 Å². The molecule has 3 atom stereocenters. The van der Waals surface area contributed by atoms with Crippen molar-refractivity contribution in [2.45, 2.75) is 67.0 Å². The highest BCUT2D eigenvalue weighted by molar-refractivity contribution is 5.88. The molecule has 1 saturated carbocycles. The smallest absolute Gasteiger partial charge is 0.315 e. The summed E-state index contributed by atoms with van der Waals surface area (Å²) >= 11 is 0. The highest BCUT2D eigenvalue weighted by atomic mass is 16.2. The van der Waals surface area contributed by atoms with Crippen molar-refractivity contribution < 1.29 is 9.59 Å². The van der Waals surface area contributed by atoms with E-state index >= 15 is 0 Å². The molecule has 0 spiro atoms. The molecule has 2 fully saturated rings. The number of urea groups is 1. The SMILES string of the molecule is CC(C)(C)NC(=O)NC(C(=O)N1CC2C(C1)C2(C)C)C(C)(C)C. The summed E-state index contributed by atoms with van der Waals surface area (Å²) in [7, 11) is 0. The third-order valence-corrected chi connectivity index (χ3v) is 5.31. The van der Waals surface area contributed by atoms with Gasteiger partial charge < -0.3 is 15.5 Å². The molecule has 0 aromatic rings. The van der Waals surface area contributed by atoms with E-state index in [1.807, 2.05) is 46.4 Å². The second-order valence-electron chi connectivity index (χ2n) is 9.93. The molecule has 0 bridgehead atoms. The van der Waals surface area contributed by atoms with Crippen LogP contribution in [0, 0.1) is 22.7 Å². The molecule has 1 saturated heterocycles. The lowest BCUT2D eigenvalue weighted by Crippen LogP contribution is -2.58. The Hall–Kier alpha value is -1.26. The molecule has 5 heteroatoms. The van der Waals surface area contributed by atoms with Crippen LogP contribution in [0.1, 0.15) is 55.4 Å². The maximum absolute atomic E-state index is 13.0. The minimum absolute atomic E-state index is 0.0459.